The summed E-state index contributed by atoms with van der Waals surface area (Å²) in [7, 11) is 1.63. The Bertz CT molecular complexity index is 1440. The molecule has 1 aromatic heterocycles. The molecule has 1 saturated carbocycles. The van der Waals surface area contributed by atoms with Crippen molar-refractivity contribution in [2.75, 3.05) is 13.7 Å². The molecule has 7 nitrogen and oxygen atoms in total. The van der Waals surface area contributed by atoms with Gasteiger partial charge in [-0.15, -0.1) is 0 Å². The smallest absolute Gasteiger partial charge is 0.223 e. The molecule has 42 heavy (non-hydrogen) atoms. The quantitative estimate of drug-likeness (QED) is 0.127. The lowest BCUT2D eigenvalue weighted by Gasteiger charge is -2.27. The van der Waals surface area contributed by atoms with Crippen molar-refractivity contribution in [3.8, 4) is 5.75 Å². The number of nitrogens with one attached hydrogen (secondary N) is 4. The van der Waals surface area contributed by atoms with Crippen molar-refractivity contribution >= 4 is 28.5 Å². The fourth-order valence-electron chi connectivity index (χ4n) is 5.30. The van der Waals surface area contributed by atoms with Gasteiger partial charge in [0.1, 0.15) is 17.4 Å². The minimum absolute atomic E-state index is 0.0367. The van der Waals surface area contributed by atoms with Crippen LogP contribution in [0.1, 0.15) is 55.2 Å². The fraction of sp³-hybridized carbons (Fsp3) is 0.343. The van der Waals surface area contributed by atoms with E-state index in [0.29, 0.717) is 18.8 Å². The molecule has 1 fully saturated rings. The van der Waals surface area contributed by atoms with Gasteiger partial charge in [-0.25, -0.2) is 0 Å². The summed E-state index contributed by atoms with van der Waals surface area (Å²) in [6.45, 7) is 2.66. The topological polar surface area (TPSA) is 105 Å². The van der Waals surface area contributed by atoms with E-state index in [2.05, 4.69) is 47.6 Å². The first-order chi connectivity index (χ1) is 20.4. The normalized spacial score (nSPS) is 13.1. The number of ether oxygens (including phenoxy) is 1. The highest BCUT2D eigenvalue weighted by Gasteiger charge is 2.22. The Kier molecular flexibility index (Phi) is 11.3. The molecule has 4 N–H and O–H groups in total. The molecule has 220 valence electrons. The molecule has 1 aliphatic rings. The molecule has 4 aromatic rings. The van der Waals surface area contributed by atoms with E-state index in [4.69, 9.17) is 15.6 Å². The molecule has 0 radical (unpaired) electrons. The van der Waals surface area contributed by atoms with Gasteiger partial charge in [-0.05, 0) is 61.1 Å². The Hall–Kier alpha value is -4.39. The number of hydrogen-bond acceptors (Lipinski definition) is 4. The van der Waals surface area contributed by atoms with E-state index in [1.54, 1.807) is 12.0 Å². The van der Waals surface area contributed by atoms with Gasteiger partial charge in [0.15, 0.2) is 0 Å². The number of benzene rings is 3. The highest BCUT2D eigenvalue weighted by atomic mass is 16.5. The number of H-pyrrole nitrogens is 1. The number of methoxy groups -OCH3 is 1. The number of aryl methyl sites for hydroxylation is 2. The predicted octanol–water partition coefficient (Wildman–Crippen LogP) is 7.26. The SMILES string of the molecule is COc1ccc(CN(C(=N)CCc2ccccc2)C(=N)CNC(=O)C2CCCCC2)cc1.Cc1c[nH]c2ccccc12. The van der Waals surface area contributed by atoms with Crippen molar-refractivity contribution in [3.63, 3.8) is 0 Å². The second-order valence-corrected chi connectivity index (χ2v) is 10.9. The average molecular weight is 566 g/mol. The van der Waals surface area contributed by atoms with E-state index in [-0.39, 0.29) is 24.2 Å². The third-order valence-corrected chi connectivity index (χ3v) is 7.85. The third-order valence-electron chi connectivity index (χ3n) is 7.85. The number of hydrogen-bond donors (Lipinski definition) is 4. The molecule has 0 bridgehead atoms. The van der Waals surface area contributed by atoms with Crippen molar-refractivity contribution in [2.45, 2.75) is 58.4 Å². The van der Waals surface area contributed by atoms with Crippen molar-refractivity contribution in [1.82, 2.24) is 15.2 Å². The fourth-order valence-corrected chi connectivity index (χ4v) is 5.30. The van der Waals surface area contributed by atoms with Gasteiger partial charge in [0.05, 0.1) is 20.2 Å². The number of nitrogens with zero attached hydrogens (tertiary/aromatic N) is 1. The summed E-state index contributed by atoms with van der Waals surface area (Å²) in [4.78, 5) is 17.4. The molecular formula is C35H43N5O2. The average Bonchev–Trinajstić information content (AvgIpc) is 3.43. The number of aromatic nitrogens is 1. The van der Waals surface area contributed by atoms with Gasteiger partial charge in [0, 0.05) is 29.4 Å². The number of para-hydroxylation sites is 1. The Balaban J connectivity index is 0.000000337. The van der Waals surface area contributed by atoms with Crippen LogP contribution in [0.3, 0.4) is 0 Å². The van der Waals surface area contributed by atoms with Crippen molar-refractivity contribution < 1.29 is 9.53 Å². The number of fused-ring (bicyclic) bond motifs is 1. The predicted molar refractivity (Wildman–Crippen MR) is 171 cm³/mol. The van der Waals surface area contributed by atoms with Crippen LogP contribution in [0, 0.1) is 23.7 Å². The zero-order valence-corrected chi connectivity index (χ0v) is 24.8. The molecule has 0 unspecified atom stereocenters. The third kappa shape index (κ3) is 8.80. The van der Waals surface area contributed by atoms with E-state index < -0.39 is 0 Å². The number of amidine groups is 2. The van der Waals surface area contributed by atoms with Crippen LogP contribution in [0.5, 0.6) is 5.75 Å². The molecule has 7 heteroatoms. The minimum Gasteiger partial charge on any atom is -0.497 e. The summed E-state index contributed by atoms with van der Waals surface area (Å²) in [6.07, 6.45) is 8.56. The summed E-state index contributed by atoms with van der Waals surface area (Å²) in [5.74, 6) is 1.48. The van der Waals surface area contributed by atoms with Gasteiger partial charge in [0.2, 0.25) is 5.91 Å². The van der Waals surface area contributed by atoms with E-state index in [0.717, 1.165) is 43.4 Å². The van der Waals surface area contributed by atoms with Crippen LogP contribution in [0.15, 0.2) is 85.1 Å². The molecular weight excluding hydrogens is 522 g/mol. The Morgan fingerprint density at radius 2 is 1.60 bits per heavy atom. The van der Waals surface area contributed by atoms with E-state index in [1.165, 1.54) is 28.5 Å². The molecule has 5 rings (SSSR count). The van der Waals surface area contributed by atoms with Crippen LogP contribution in [-0.2, 0) is 17.8 Å². The monoisotopic (exact) mass is 565 g/mol. The largest absolute Gasteiger partial charge is 0.497 e. The lowest BCUT2D eigenvalue weighted by molar-refractivity contribution is -0.125. The highest BCUT2D eigenvalue weighted by molar-refractivity contribution is 6.00. The molecule has 0 atom stereocenters. The summed E-state index contributed by atoms with van der Waals surface area (Å²) >= 11 is 0. The van der Waals surface area contributed by atoms with Crippen LogP contribution in [0.2, 0.25) is 0 Å². The summed E-state index contributed by atoms with van der Waals surface area (Å²) in [6, 6.07) is 26.1. The number of aromatic amines is 1. The number of carbonyl (C=O) groups excluding carboxylic acids is 1. The molecule has 1 aliphatic carbocycles. The van der Waals surface area contributed by atoms with Crippen molar-refractivity contribution in [2.24, 2.45) is 5.92 Å². The molecule has 1 heterocycles. The second-order valence-electron chi connectivity index (χ2n) is 10.9. The maximum Gasteiger partial charge on any atom is 0.223 e. The van der Waals surface area contributed by atoms with Gasteiger partial charge >= 0.3 is 0 Å². The van der Waals surface area contributed by atoms with Gasteiger partial charge in [-0.2, -0.15) is 0 Å². The maximum absolute atomic E-state index is 12.5. The summed E-state index contributed by atoms with van der Waals surface area (Å²) in [5.41, 5.74) is 4.69. The first-order valence-corrected chi connectivity index (χ1v) is 14.8. The van der Waals surface area contributed by atoms with Crippen LogP contribution >= 0.6 is 0 Å². The molecule has 3 aromatic carbocycles. The standard InChI is InChI=1S/C26H34N4O2.C9H9N/c1-32-23-15-12-21(13-16-23)19-30(24(27)17-14-20-8-4-2-5-9-20)25(28)18-29-26(31)22-10-6-3-7-11-22;1-7-6-10-9-5-3-2-4-8(7)9/h2,4-5,8-9,12-13,15-16,22,27-28H,3,6-7,10-11,14,17-19H2,1H3,(H,29,31);2-6,10H,1H3. The lowest BCUT2D eigenvalue weighted by atomic mass is 9.89. The van der Waals surface area contributed by atoms with Crippen LogP contribution < -0.4 is 10.1 Å². The molecule has 0 saturated heterocycles. The van der Waals surface area contributed by atoms with Crippen LogP contribution in [-0.4, -0.2) is 41.1 Å². The molecule has 1 amide bonds. The van der Waals surface area contributed by atoms with Crippen molar-refractivity contribution in [1.29, 1.82) is 10.8 Å². The minimum atomic E-state index is 0.0367. The lowest BCUT2D eigenvalue weighted by Crippen LogP contribution is -2.44. The highest BCUT2D eigenvalue weighted by Crippen LogP contribution is 2.23. The van der Waals surface area contributed by atoms with E-state index >= 15 is 0 Å². The second kappa shape index (κ2) is 15.6. The molecule has 0 spiro atoms. The first-order valence-electron chi connectivity index (χ1n) is 14.8. The maximum atomic E-state index is 12.5. The van der Waals surface area contributed by atoms with E-state index in [1.807, 2.05) is 54.7 Å². The van der Waals surface area contributed by atoms with Gasteiger partial charge in [0.25, 0.3) is 0 Å². The zero-order valence-electron chi connectivity index (χ0n) is 24.8. The number of amides is 1. The summed E-state index contributed by atoms with van der Waals surface area (Å²) in [5, 5.41) is 21.6. The van der Waals surface area contributed by atoms with Gasteiger partial charge < -0.3 is 19.9 Å². The van der Waals surface area contributed by atoms with Crippen molar-refractivity contribution in [3.05, 3.63) is 102 Å². The summed E-state index contributed by atoms with van der Waals surface area (Å²) < 4.78 is 5.23. The first kappa shape index (κ1) is 30.6. The van der Waals surface area contributed by atoms with Gasteiger partial charge in [-0.1, -0.05) is 79.9 Å². The number of rotatable bonds is 9. The Morgan fingerprint density at radius 1 is 0.905 bits per heavy atom. The Labute approximate surface area is 249 Å². The number of carbonyl (C=O) groups is 1. The van der Waals surface area contributed by atoms with E-state index in [9.17, 15) is 4.79 Å². The molecule has 0 aliphatic heterocycles. The van der Waals surface area contributed by atoms with Gasteiger partial charge in [-0.3, -0.25) is 15.6 Å². The van der Waals surface area contributed by atoms with Crippen LogP contribution in [0.25, 0.3) is 10.9 Å². The zero-order chi connectivity index (χ0) is 29.7. The Morgan fingerprint density at radius 3 is 2.29 bits per heavy atom. The van der Waals surface area contributed by atoms with Crippen LogP contribution in [0.4, 0.5) is 0 Å².